The van der Waals surface area contributed by atoms with E-state index < -0.39 is 5.60 Å². The number of hydrogen-bond acceptors (Lipinski definition) is 4. The van der Waals surface area contributed by atoms with Crippen molar-refractivity contribution in [1.82, 2.24) is 9.80 Å². The van der Waals surface area contributed by atoms with Crippen LogP contribution in [0.25, 0.3) is 0 Å². The largest absolute Gasteiger partial charge is 0.489 e. The minimum atomic E-state index is -0.546. The Morgan fingerprint density at radius 2 is 1.57 bits per heavy atom. The Morgan fingerprint density at radius 1 is 0.933 bits per heavy atom. The van der Waals surface area contributed by atoms with Crippen LogP contribution in [0.5, 0.6) is 5.75 Å². The lowest BCUT2D eigenvalue weighted by Crippen LogP contribution is -2.51. The summed E-state index contributed by atoms with van der Waals surface area (Å²) in [5.41, 5.74) is 1.85. The molecule has 2 fully saturated rings. The van der Waals surface area contributed by atoms with Gasteiger partial charge in [-0.05, 0) is 49.6 Å². The monoisotopic (exact) mass is 452 g/mol. The highest BCUT2D eigenvalue weighted by atomic mass is 35.5. The standard InChI is InChI=1S/C24H32N2O2.2ClH/c1-25-14-16-26(17-15-25)18-23(24(27)12-5-13-24)21-8-10-22(11-9-21)28-19-20-6-3-2-4-7-20;;/h2-4,6-11,23,27H,5,12-19H2,1H3;2*1H. The van der Waals surface area contributed by atoms with Crippen molar-refractivity contribution in [3.8, 4) is 5.75 Å². The minimum Gasteiger partial charge on any atom is -0.489 e. The zero-order chi connectivity index (χ0) is 19.4. The summed E-state index contributed by atoms with van der Waals surface area (Å²) in [6.07, 6.45) is 2.96. The molecule has 166 valence electrons. The van der Waals surface area contributed by atoms with Gasteiger partial charge < -0.3 is 19.6 Å². The van der Waals surface area contributed by atoms with Crippen molar-refractivity contribution in [2.45, 2.75) is 37.4 Å². The third-order valence-electron chi connectivity index (χ3n) is 6.44. The first-order valence-corrected chi connectivity index (χ1v) is 10.5. The van der Waals surface area contributed by atoms with Crippen LogP contribution in [-0.4, -0.2) is 60.3 Å². The number of halogens is 2. The number of benzene rings is 2. The molecule has 1 saturated carbocycles. The predicted octanol–water partition coefficient (Wildman–Crippen LogP) is 4.36. The molecule has 1 unspecified atom stereocenters. The smallest absolute Gasteiger partial charge is 0.119 e. The van der Waals surface area contributed by atoms with Crippen LogP contribution < -0.4 is 4.74 Å². The van der Waals surface area contributed by atoms with Crippen LogP contribution in [0.15, 0.2) is 54.6 Å². The van der Waals surface area contributed by atoms with E-state index in [-0.39, 0.29) is 30.7 Å². The second kappa shape index (κ2) is 11.4. The van der Waals surface area contributed by atoms with E-state index in [1.807, 2.05) is 18.2 Å². The second-order valence-corrected chi connectivity index (χ2v) is 8.46. The van der Waals surface area contributed by atoms with E-state index >= 15 is 0 Å². The number of aliphatic hydroxyl groups is 1. The summed E-state index contributed by atoms with van der Waals surface area (Å²) in [6.45, 7) is 5.90. The molecule has 1 aliphatic carbocycles. The maximum absolute atomic E-state index is 11.2. The highest BCUT2D eigenvalue weighted by Gasteiger charge is 2.43. The summed E-state index contributed by atoms with van der Waals surface area (Å²) in [7, 11) is 2.18. The predicted molar refractivity (Wildman–Crippen MR) is 127 cm³/mol. The van der Waals surface area contributed by atoms with Gasteiger partial charge in [-0.15, -0.1) is 24.8 Å². The maximum Gasteiger partial charge on any atom is 0.119 e. The van der Waals surface area contributed by atoms with Crippen molar-refractivity contribution < 1.29 is 9.84 Å². The summed E-state index contributed by atoms with van der Waals surface area (Å²) in [4.78, 5) is 4.89. The van der Waals surface area contributed by atoms with Gasteiger partial charge in [0.1, 0.15) is 12.4 Å². The number of ether oxygens (including phenoxy) is 1. The van der Waals surface area contributed by atoms with Gasteiger partial charge in [0.2, 0.25) is 0 Å². The fraction of sp³-hybridized carbons (Fsp3) is 0.500. The lowest BCUT2D eigenvalue weighted by molar-refractivity contribution is -0.0665. The quantitative estimate of drug-likeness (QED) is 0.676. The Bertz CT molecular complexity index is 746. The Labute approximate surface area is 193 Å². The molecule has 1 saturated heterocycles. The molecule has 30 heavy (non-hydrogen) atoms. The lowest BCUT2D eigenvalue weighted by atomic mass is 9.68. The van der Waals surface area contributed by atoms with Gasteiger partial charge in [0, 0.05) is 38.6 Å². The summed E-state index contributed by atoms with van der Waals surface area (Å²) in [5, 5.41) is 11.2. The van der Waals surface area contributed by atoms with E-state index in [1.165, 1.54) is 11.1 Å². The van der Waals surface area contributed by atoms with E-state index in [2.05, 4.69) is 53.2 Å². The fourth-order valence-corrected chi connectivity index (χ4v) is 4.30. The van der Waals surface area contributed by atoms with Crippen LogP contribution >= 0.6 is 24.8 Å². The summed E-state index contributed by atoms with van der Waals surface area (Å²) >= 11 is 0. The first kappa shape index (κ1) is 25.0. The van der Waals surface area contributed by atoms with Crippen LogP contribution in [-0.2, 0) is 6.61 Å². The van der Waals surface area contributed by atoms with E-state index in [9.17, 15) is 5.11 Å². The molecule has 1 aliphatic heterocycles. The van der Waals surface area contributed by atoms with Crippen molar-refractivity contribution in [2.75, 3.05) is 39.8 Å². The number of piperazine rings is 1. The van der Waals surface area contributed by atoms with Crippen LogP contribution in [0.3, 0.4) is 0 Å². The molecule has 2 aromatic rings. The van der Waals surface area contributed by atoms with Crippen molar-refractivity contribution in [3.05, 3.63) is 65.7 Å². The first-order chi connectivity index (χ1) is 13.6. The van der Waals surface area contributed by atoms with Gasteiger partial charge in [-0.25, -0.2) is 0 Å². The van der Waals surface area contributed by atoms with Gasteiger partial charge >= 0.3 is 0 Å². The Kier molecular flexibility index (Phi) is 9.45. The van der Waals surface area contributed by atoms with Crippen LogP contribution in [0.1, 0.15) is 36.3 Å². The summed E-state index contributed by atoms with van der Waals surface area (Å²) < 4.78 is 5.94. The average molecular weight is 453 g/mol. The molecular formula is C24H34Cl2N2O2. The van der Waals surface area contributed by atoms with Crippen molar-refractivity contribution in [1.29, 1.82) is 0 Å². The molecule has 4 rings (SSSR count). The normalized spacial score (nSPS) is 19.7. The van der Waals surface area contributed by atoms with E-state index in [1.54, 1.807) is 0 Å². The molecule has 4 nitrogen and oxygen atoms in total. The van der Waals surface area contributed by atoms with Gasteiger partial charge in [0.05, 0.1) is 5.60 Å². The summed E-state index contributed by atoms with van der Waals surface area (Å²) in [5.74, 6) is 1.05. The molecule has 0 amide bonds. The molecule has 0 spiro atoms. The number of likely N-dealkylation sites (N-methyl/N-ethyl adjacent to an activating group) is 1. The van der Waals surface area contributed by atoms with Gasteiger partial charge in [-0.1, -0.05) is 42.5 Å². The van der Waals surface area contributed by atoms with Crippen LogP contribution in [0, 0.1) is 0 Å². The Balaban J connectivity index is 0.00000160. The van der Waals surface area contributed by atoms with E-state index in [0.29, 0.717) is 6.61 Å². The highest BCUT2D eigenvalue weighted by Crippen LogP contribution is 2.44. The van der Waals surface area contributed by atoms with E-state index in [0.717, 1.165) is 57.7 Å². The molecule has 6 heteroatoms. The molecule has 1 heterocycles. The average Bonchev–Trinajstić information content (AvgIpc) is 2.71. The van der Waals surface area contributed by atoms with E-state index in [4.69, 9.17) is 4.74 Å². The number of hydrogen-bond donors (Lipinski definition) is 1. The maximum atomic E-state index is 11.2. The van der Waals surface area contributed by atoms with Gasteiger partial charge in [-0.3, -0.25) is 0 Å². The van der Waals surface area contributed by atoms with Crippen molar-refractivity contribution in [3.63, 3.8) is 0 Å². The van der Waals surface area contributed by atoms with Gasteiger partial charge in [0.15, 0.2) is 0 Å². The molecule has 1 atom stereocenters. The second-order valence-electron chi connectivity index (χ2n) is 8.46. The Hall–Kier alpha value is -1.30. The first-order valence-electron chi connectivity index (χ1n) is 10.5. The SMILES string of the molecule is CN1CCN(CC(c2ccc(OCc3ccccc3)cc2)C2(O)CCC2)CC1.Cl.Cl. The number of rotatable bonds is 7. The Morgan fingerprint density at radius 3 is 2.13 bits per heavy atom. The zero-order valence-corrected chi connectivity index (χ0v) is 19.3. The van der Waals surface area contributed by atoms with Crippen molar-refractivity contribution in [2.24, 2.45) is 0 Å². The number of nitrogens with zero attached hydrogens (tertiary/aromatic N) is 2. The molecular weight excluding hydrogens is 419 g/mol. The molecule has 0 aromatic heterocycles. The minimum absolute atomic E-state index is 0. The van der Waals surface area contributed by atoms with Crippen molar-refractivity contribution >= 4 is 24.8 Å². The molecule has 0 bridgehead atoms. The highest BCUT2D eigenvalue weighted by molar-refractivity contribution is 5.85. The third kappa shape index (κ3) is 6.12. The fourth-order valence-electron chi connectivity index (χ4n) is 4.30. The third-order valence-corrected chi connectivity index (χ3v) is 6.44. The summed E-state index contributed by atoms with van der Waals surface area (Å²) in [6, 6.07) is 18.6. The molecule has 2 aromatic carbocycles. The lowest BCUT2D eigenvalue weighted by Gasteiger charge is -2.46. The topological polar surface area (TPSA) is 35.9 Å². The van der Waals surface area contributed by atoms with Gasteiger partial charge in [0.25, 0.3) is 0 Å². The van der Waals surface area contributed by atoms with Gasteiger partial charge in [-0.2, -0.15) is 0 Å². The van der Waals surface area contributed by atoms with Crippen LogP contribution in [0.2, 0.25) is 0 Å². The van der Waals surface area contributed by atoms with Crippen LogP contribution in [0.4, 0.5) is 0 Å². The molecule has 1 N–H and O–H groups in total. The zero-order valence-electron chi connectivity index (χ0n) is 17.7. The molecule has 0 radical (unpaired) electrons. The molecule has 2 aliphatic rings.